The van der Waals surface area contributed by atoms with Gasteiger partial charge in [0.25, 0.3) is 0 Å². The summed E-state index contributed by atoms with van der Waals surface area (Å²) in [5.74, 6) is 0.429. The van der Waals surface area contributed by atoms with E-state index in [1.807, 2.05) is 42.5 Å². The topological polar surface area (TPSA) is 88.3 Å². The van der Waals surface area contributed by atoms with E-state index in [1.165, 1.54) is 6.92 Å². The van der Waals surface area contributed by atoms with Gasteiger partial charge in [-0.25, -0.2) is 0 Å². The van der Waals surface area contributed by atoms with Gasteiger partial charge in [-0.1, -0.05) is 54.1 Å². The van der Waals surface area contributed by atoms with Crippen LogP contribution in [-0.2, 0) is 16.1 Å². The maximum Gasteiger partial charge on any atom is 0.249 e. The van der Waals surface area contributed by atoms with Gasteiger partial charge < -0.3 is 14.6 Å². The summed E-state index contributed by atoms with van der Waals surface area (Å²) in [4.78, 5) is 26.7. The Balaban J connectivity index is 1.49. The van der Waals surface area contributed by atoms with Gasteiger partial charge in [-0.05, 0) is 30.5 Å². The summed E-state index contributed by atoms with van der Waals surface area (Å²) in [5, 5.41) is 11.6. The molecule has 2 amide bonds. The monoisotopic (exact) mass is 438 g/mol. The lowest BCUT2D eigenvalue weighted by molar-refractivity contribution is -0.133. The zero-order valence-corrected chi connectivity index (χ0v) is 17.9. The predicted octanol–water partition coefficient (Wildman–Crippen LogP) is 4.15. The second kappa shape index (κ2) is 9.31. The van der Waals surface area contributed by atoms with E-state index in [4.69, 9.17) is 16.0 Å². The van der Waals surface area contributed by atoms with Gasteiger partial charge in [-0.15, -0.1) is 10.2 Å². The lowest BCUT2D eigenvalue weighted by Gasteiger charge is -2.24. The van der Waals surface area contributed by atoms with Gasteiger partial charge >= 0.3 is 0 Å². The van der Waals surface area contributed by atoms with Gasteiger partial charge in [0.05, 0.1) is 29.6 Å². The third-order valence-electron chi connectivity index (χ3n) is 5.14. The molecule has 1 aliphatic carbocycles. The molecule has 1 unspecified atom stereocenters. The molecule has 1 atom stereocenters. The summed E-state index contributed by atoms with van der Waals surface area (Å²) in [6.45, 7) is 1.68. The lowest BCUT2D eigenvalue weighted by atomic mass is 10.0. The van der Waals surface area contributed by atoms with E-state index in [2.05, 4.69) is 15.5 Å². The van der Waals surface area contributed by atoms with E-state index in [1.54, 1.807) is 17.0 Å². The summed E-state index contributed by atoms with van der Waals surface area (Å²) in [5.41, 5.74) is 1.54. The van der Waals surface area contributed by atoms with Gasteiger partial charge in [0.15, 0.2) is 0 Å². The molecule has 8 heteroatoms. The number of nitrogens with zero attached hydrogens (tertiary/aromatic N) is 3. The van der Waals surface area contributed by atoms with Crippen LogP contribution in [0.15, 0.2) is 59.0 Å². The second-order valence-corrected chi connectivity index (χ2v) is 8.01. The molecule has 0 radical (unpaired) electrons. The molecule has 31 heavy (non-hydrogen) atoms. The Morgan fingerprint density at radius 1 is 1.13 bits per heavy atom. The van der Waals surface area contributed by atoms with Gasteiger partial charge in [0.2, 0.25) is 23.6 Å². The van der Waals surface area contributed by atoms with E-state index in [-0.39, 0.29) is 30.8 Å². The summed E-state index contributed by atoms with van der Waals surface area (Å²) in [6, 6.07) is 16.5. The van der Waals surface area contributed by atoms with Crippen molar-refractivity contribution >= 4 is 23.4 Å². The highest BCUT2D eigenvalue weighted by molar-refractivity contribution is 6.33. The van der Waals surface area contributed by atoms with Crippen molar-refractivity contribution in [2.24, 2.45) is 0 Å². The number of rotatable bonds is 8. The molecule has 1 N–H and O–H groups in total. The Bertz CT molecular complexity index is 1070. The number of halogens is 1. The molecule has 0 aliphatic heterocycles. The quantitative estimate of drug-likeness (QED) is 0.570. The molecule has 3 aromatic rings. The molecule has 1 fully saturated rings. The van der Waals surface area contributed by atoms with E-state index in [0.717, 1.165) is 18.4 Å². The van der Waals surface area contributed by atoms with Crippen molar-refractivity contribution < 1.29 is 14.0 Å². The van der Waals surface area contributed by atoms with Crippen molar-refractivity contribution in [1.82, 2.24) is 20.4 Å². The maximum atomic E-state index is 13.2. The second-order valence-electron chi connectivity index (χ2n) is 7.60. The van der Waals surface area contributed by atoms with E-state index >= 15 is 0 Å². The lowest BCUT2D eigenvalue weighted by Crippen LogP contribution is -2.37. The molecular formula is C23H23ClN4O3. The number of benzene rings is 2. The standard InChI is InChI=1S/C23H23ClN4O3/c1-15(29)25-20(16-7-3-2-4-8-16)13-22(30)28(17-11-12-17)14-21-26-27-23(31-21)18-9-5-6-10-19(18)24/h2-10,17,20H,11-14H2,1H3,(H,25,29). The van der Waals surface area contributed by atoms with E-state index < -0.39 is 6.04 Å². The minimum Gasteiger partial charge on any atom is -0.419 e. The number of hydrogen-bond acceptors (Lipinski definition) is 5. The molecule has 0 bridgehead atoms. The summed E-state index contributed by atoms with van der Waals surface area (Å²) in [7, 11) is 0. The van der Waals surface area contributed by atoms with Crippen LogP contribution in [0.1, 0.15) is 43.7 Å². The Morgan fingerprint density at radius 2 is 1.84 bits per heavy atom. The fraction of sp³-hybridized carbons (Fsp3) is 0.304. The zero-order chi connectivity index (χ0) is 21.8. The molecule has 2 aromatic carbocycles. The van der Waals surface area contributed by atoms with Crippen molar-refractivity contribution in [3.63, 3.8) is 0 Å². The third-order valence-corrected chi connectivity index (χ3v) is 5.47. The third kappa shape index (κ3) is 5.30. The van der Waals surface area contributed by atoms with Gasteiger partial charge in [-0.2, -0.15) is 0 Å². The van der Waals surface area contributed by atoms with Crippen LogP contribution in [0, 0.1) is 0 Å². The van der Waals surface area contributed by atoms with Crippen LogP contribution < -0.4 is 5.32 Å². The Hall–Kier alpha value is -3.19. The van der Waals surface area contributed by atoms with Crippen LogP contribution in [0.3, 0.4) is 0 Å². The van der Waals surface area contributed by atoms with Crippen LogP contribution in [0.25, 0.3) is 11.5 Å². The van der Waals surface area contributed by atoms with Crippen LogP contribution in [-0.4, -0.2) is 33.0 Å². The van der Waals surface area contributed by atoms with Crippen LogP contribution in [0.4, 0.5) is 0 Å². The molecule has 1 aromatic heterocycles. The van der Waals surface area contributed by atoms with Crippen molar-refractivity contribution in [3.8, 4) is 11.5 Å². The number of aromatic nitrogens is 2. The average Bonchev–Trinajstić information content (AvgIpc) is 3.50. The highest BCUT2D eigenvalue weighted by Gasteiger charge is 2.35. The maximum absolute atomic E-state index is 13.2. The molecule has 0 spiro atoms. The SMILES string of the molecule is CC(=O)NC(CC(=O)N(Cc1nnc(-c2ccccc2Cl)o1)C1CC1)c1ccccc1. The molecule has 1 aliphatic rings. The predicted molar refractivity (Wildman–Crippen MR) is 116 cm³/mol. The zero-order valence-electron chi connectivity index (χ0n) is 17.1. The first-order chi connectivity index (χ1) is 15.0. The van der Waals surface area contributed by atoms with Crippen LogP contribution in [0.5, 0.6) is 0 Å². The smallest absolute Gasteiger partial charge is 0.249 e. The minimum atomic E-state index is -0.395. The van der Waals surface area contributed by atoms with Crippen LogP contribution >= 0.6 is 11.6 Å². The fourth-order valence-electron chi connectivity index (χ4n) is 3.49. The molecule has 7 nitrogen and oxygen atoms in total. The fourth-order valence-corrected chi connectivity index (χ4v) is 3.71. The van der Waals surface area contributed by atoms with Crippen LogP contribution in [0.2, 0.25) is 5.02 Å². The number of hydrogen-bond donors (Lipinski definition) is 1. The van der Waals surface area contributed by atoms with Crippen molar-refractivity contribution in [1.29, 1.82) is 0 Å². The average molecular weight is 439 g/mol. The minimum absolute atomic E-state index is 0.0670. The van der Waals surface area contributed by atoms with Gasteiger partial charge in [0, 0.05) is 13.0 Å². The summed E-state index contributed by atoms with van der Waals surface area (Å²) < 4.78 is 5.79. The molecular weight excluding hydrogens is 416 g/mol. The molecule has 1 saturated carbocycles. The van der Waals surface area contributed by atoms with Crippen molar-refractivity contribution in [3.05, 3.63) is 71.1 Å². The first-order valence-electron chi connectivity index (χ1n) is 10.2. The Kier molecular flexibility index (Phi) is 6.32. The highest BCUT2D eigenvalue weighted by atomic mass is 35.5. The summed E-state index contributed by atoms with van der Waals surface area (Å²) >= 11 is 6.21. The Labute approximate surface area is 185 Å². The van der Waals surface area contributed by atoms with Gasteiger partial charge in [-0.3, -0.25) is 9.59 Å². The van der Waals surface area contributed by atoms with E-state index in [0.29, 0.717) is 22.4 Å². The molecule has 4 rings (SSSR count). The van der Waals surface area contributed by atoms with Gasteiger partial charge in [0.1, 0.15) is 0 Å². The molecule has 1 heterocycles. The first kappa shape index (κ1) is 21.1. The van der Waals surface area contributed by atoms with E-state index in [9.17, 15) is 9.59 Å². The highest BCUT2D eigenvalue weighted by Crippen LogP contribution is 2.31. The normalized spacial score (nSPS) is 14.1. The molecule has 160 valence electrons. The number of carbonyl (C=O) groups excluding carboxylic acids is 2. The Morgan fingerprint density at radius 3 is 2.52 bits per heavy atom. The first-order valence-corrected chi connectivity index (χ1v) is 10.6. The number of amides is 2. The largest absolute Gasteiger partial charge is 0.419 e. The van der Waals surface area contributed by atoms with Crippen molar-refractivity contribution in [2.75, 3.05) is 0 Å². The molecule has 0 saturated heterocycles. The number of nitrogens with one attached hydrogen (secondary N) is 1. The van der Waals surface area contributed by atoms with Crippen molar-refractivity contribution in [2.45, 2.75) is 44.8 Å². The number of carbonyl (C=O) groups is 2. The summed E-state index contributed by atoms with van der Waals surface area (Å²) in [6.07, 6.45) is 2.03.